The second-order valence-electron chi connectivity index (χ2n) is 5.45. The van der Waals surface area contributed by atoms with Crippen LogP contribution in [0.15, 0.2) is 23.5 Å². The Kier molecular flexibility index (Phi) is 10.2. The number of guanidine groups is 1. The summed E-state index contributed by atoms with van der Waals surface area (Å²) in [6, 6.07) is 1.95. The number of likely N-dealkylation sites (tertiary alicyclic amines) is 1. The molecular formula is C15H29IN6. The Morgan fingerprint density at radius 3 is 2.59 bits per heavy atom. The average molecular weight is 420 g/mol. The minimum absolute atomic E-state index is 0. The predicted octanol–water partition coefficient (Wildman–Crippen LogP) is 1.54. The van der Waals surface area contributed by atoms with Crippen LogP contribution >= 0.6 is 24.0 Å². The van der Waals surface area contributed by atoms with Gasteiger partial charge in [-0.25, -0.2) is 0 Å². The summed E-state index contributed by atoms with van der Waals surface area (Å²) < 4.78 is 1.95. The summed E-state index contributed by atoms with van der Waals surface area (Å²) in [7, 11) is 1.82. The van der Waals surface area contributed by atoms with E-state index in [1.165, 1.54) is 32.4 Å². The van der Waals surface area contributed by atoms with Gasteiger partial charge in [0, 0.05) is 45.6 Å². The minimum Gasteiger partial charge on any atom is -0.356 e. The highest BCUT2D eigenvalue weighted by Gasteiger charge is 2.09. The third kappa shape index (κ3) is 7.44. The maximum atomic E-state index is 4.26. The van der Waals surface area contributed by atoms with Crippen LogP contribution in [0, 0.1) is 0 Å². The van der Waals surface area contributed by atoms with Gasteiger partial charge in [0.05, 0.1) is 0 Å². The maximum Gasteiger partial charge on any atom is 0.191 e. The second kappa shape index (κ2) is 11.7. The first-order chi connectivity index (χ1) is 10.4. The van der Waals surface area contributed by atoms with Crippen molar-refractivity contribution in [2.75, 3.05) is 39.8 Å². The number of rotatable bonds is 7. The molecule has 1 aliphatic heterocycles. The third-order valence-corrected chi connectivity index (χ3v) is 3.81. The third-order valence-electron chi connectivity index (χ3n) is 3.81. The zero-order valence-corrected chi connectivity index (χ0v) is 15.8. The van der Waals surface area contributed by atoms with Crippen LogP contribution in [0.5, 0.6) is 0 Å². The molecule has 0 radical (unpaired) electrons. The Morgan fingerprint density at radius 1 is 1.14 bits per heavy atom. The molecule has 0 aromatic carbocycles. The summed E-state index contributed by atoms with van der Waals surface area (Å²) in [4.78, 5) is 6.79. The molecule has 22 heavy (non-hydrogen) atoms. The molecule has 1 aromatic heterocycles. The van der Waals surface area contributed by atoms with E-state index in [0.717, 1.165) is 38.6 Å². The topological polar surface area (TPSA) is 57.5 Å². The van der Waals surface area contributed by atoms with Crippen LogP contribution < -0.4 is 10.6 Å². The van der Waals surface area contributed by atoms with E-state index in [2.05, 4.69) is 25.6 Å². The Labute approximate surface area is 150 Å². The Balaban J connectivity index is 0.00000242. The van der Waals surface area contributed by atoms with Crippen molar-refractivity contribution in [3.63, 3.8) is 0 Å². The SMILES string of the molecule is CN=C(NCCCn1cccn1)NCCN1CCCCC1.I. The van der Waals surface area contributed by atoms with E-state index in [1.54, 1.807) is 0 Å². The van der Waals surface area contributed by atoms with Gasteiger partial charge in [0.1, 0.15) is 0 Å². The summed E-state index contributed by atoms with van der Waals surface area (Å²) in [6.07, 6.45) is 8.93. The molecule has 2 N–H and O–H groups in total. The van der Waals surface area contributed by atoms with Crippen LogP contribution in [0.4, 0.5) is 0 Å². The Hall–Kier alpha value is -0.830. The molecular weight excluding hydrogens is 391 g/mol. The lowest BCUT2D eigenvalue weighted by atomic mass is 10.1. The van der Waals surface area contributed by atoms with Gasteiger partial charge < -0.3 is 15.5 Å². The summed E-state index contributed by atoms with van der Waals surface area (Å²) in [6.45, 7) is 6.40. The monoisotopic (exact) mass is 420 g/mol. The van der Waals surface area contributed by atoms with Gasteiger partial charge >= 0.3 is 0 Å². The molecule has 0 aliphatic carbocycles. The molecule has 126 valence electrons. The number of aliphatic imine (C=N–C) groups is 1. The summed E-state index contributed by atoms with van der Waals surface area (Å²) in [5.41, 5.74) is 0. The fourth-order valence-electron chi connectivity index (χ4n) is 2.62. The number of piperidine rings is 1. The van der Waals surface area contributed by atoms with Crippen LogP contribution in [0.2, 0.25) is 0 Å². The van der Waals surface area contributed by atoms with Crippen LogP contribution in [0.3, 0.4) is 0 Å². The summed E-state index contributed by atoms with van der Waals surface area (Å²) >= 11 is 0. The number of aromatic nitrogens is 2. The number of hydrogen-bond acceptors (Lipinski definition) is 3. The summed E-state index contributed by atoms with van der Waals surface area (Å²) in [5.74, 6) is 0.896. The first kappa shape index (κ1) is 19.2. The molecule has 0 spiro atoms. The molecule has 6 nitrogen and oxygen atoms in total. The Bertz CT molecular complexity index is 400. The van der Waals surface area contributed by atoms with E-state index in [9.17, 15) is 0 Å². The van der Waals surface area contributed by atoms with E-state index >= 15 is 0 Å². The molecule has 2 rings (SSSR count). The van der Waals surface area contributed by atoms with Gasteiger partial charge in [0.2, 0.25) is 0 Å². The van der Waals surface area contributed by atoms with E-state index in [0.29, 0.717) is 0 Å². The van der Waals surface area contributed by atoms with Gasteiger partial charge in [-0.3, -0.25) is 9.67 Å². The fourth-order valence-corrected chi connectivity index (χ4v) is 2.62. The molecule has 2 heterocycles. The van der Waals surface area contributed by atoms with Gasteiger partial charge in [-0.2, -0.15) is 5.10 Å². The lowest BCUT2D eigenvalue weighted by molar-refractivity contribution is 0.232. The van der Waals surface area contributed by atoms with Crippen molar-refractivity contribution in [2.24, 2.45) is 4.99 Å². The molecule has 0 atom stereocenters. The normalized spacial score (nSPS) is 16.1. The fraction of sp³-hybridized carbons (Fsp3) is 0.733. The molecule has 0 saturated carbocycles. The van der Waals surface area contributed by atoms with E-state index in [1.807, 2.05) is 30.2 Å². The number of nitrogens with one attached hydrogen (secondary N) is 2. The number of hydrogen-bond donors (Lipinski definition) is 2. The quantitative estimate of drug-likeness (QED) is 0.304. The lowest BCUT2D eigenvalue weighted by Gasteiger charge is -2.26. The van der Waals surface area contributed by atoms with Crippen molar-refractivity contribution in [3.05, 3.63) is 18.5 Å². The van der Waals surface area contributed by atoms with Crippen molar-refractivity contribution in [2.45, 2.75) is 32.2 Å². The molecule has 1 aromatic rings. The van der Waals surface area contributed by atoms with Crippen LogP contribution in [0.25, 0.3) is 0 Å². The second-order valence-corrected chi connectivity index (χ2v) is 5.45. The van der Waals surface area contributed by atoms with Gasteiger partial charge in [-0.1, -0.05) is 6.42 Å². The van der Waals surface area contributed by atoms with E-state index in [4.69, 9.17) is 0 Å². The van der Waals surface area contributed by atoms with Gasteiger partial charge in [-0.15, -0.1) is 24.0 Å². The number of halogens is 1. The van der Waals surface area contributed by atoms with Gasteiger partial charge in [0.25, 0.3) is 0 Å². The zero-order valence-electron chi connectivity index (χ0n) is 13.5. The highest BCUT2D eigenvalue weighted by atomic mass is 127. The predicted molar refractivity (Wildman–Crippen MR) is 102 cm³/mol. The largest absolute Gasteiger partial charge is 0.356 e. The molecule has 0 amide bonds. The van der Waals surface area contributed by atoms with Crippen LogP contribution in [-0.4, -0.2) is 60.4 Å². The molecule has 7 heteroatoms. The molecule has 1 fully saturated rings. The lowest BCUT2D eigenvalue weighted by Crippen LogP contribution is -2.43. The molecule has 0 unspecified atom stereocenters. The molecule has 0 bridgehead atoms. The molecule has 1 aliphatic rings. The highest BCUT2D eigenvalue weighted by Crippen LogP contribution is 2.07. The van der Waals surface area contributed by atoms with E-state index < -0.39 is 0 Å². The first-order valence-electron chi connectivity index (χ1n) is 8.03. The zero-order chi connectivity index (χ0) is 14.8. The van der Waals surface area contributed by atoms with Crippen molar-refractivity contribution >= 4 is 29.9 Å². The molecule has 1 saturated heterocycles. The minimum atomic E-state index is 0. The van der Waals surface area contributed by atoms with Crippen molar-refractivity contribution in [1.29, 1.82) is 0 Å². The van der Waals surface area contributed by atoms with Gasteiger partial charge in [-0.05, 0) is 38.4 Å². The Morgan fingerprint density at radius 2 is 1.91 bits per heavy atom. The smallest absolute Gasteiger partial charge is 0.191 e. The van der Waals surface area contributed by atoms with Crippen molar-refractivity contribution in [1.82, 2.24) is 25.3 Å². The average Bonchev–Trinajstić information content (AvgIpc) is 3.04. The van der Waals surface area contributed by atoms with Gasteiger partial charge in [0.15, 0.2) is 5.96 Å². The van der Waals surface area contributed by atoms with Crippen molar-refractivity contribution in [3.8, 4) is 0 Å². The standard InChI is InChI=1S/C15H28N6.HI/c1-16-15(17-7-5-12-21-13-6-8-19-21)18-9-14-20-10-3-2-4-11-20;/h6,8,13H,2-5,7,9-12,14H2,1H3,(H2,16,17,18);1H. The number of aryl methyl sites for hydroxylation is 1. The van der Waals surface area contributed by atoms with Crippen LogP contribution in [-0.2, 0) is 6.54 Å². The van der Waals surface area contributed by atoms with E-state index in [-0.39, 0.29) is 24.0 Å². The van der Waals surface area contributed by atoms with Crippen molar-refractivity contribution < 1.29 is 0 Å². The summed E-state index contributed by atoms with van der Waals surface area (Å²) in [5, 5.41) is 10.9. The van der Waals surface area contributed by atoms with Crippen LogP contribution in [0.1, 0.15) is 25.7 Å². The maximum absolute atomic E-state index is 4.26. The highest BCUT2D eigenvalue weighted by molar-refractivity contribution is 14.0. The first-order valence-corrected chi connectivity index (χ1v) is 8.03. The number of nitrogens with zero attached hydrogens (tertiary/aromatic N) is 4.